The topological polar surface area (TPSA) is 153 Å². The van der Waals surface area contributed by atoms with Crippen LogP contribution in [0, 0.1) is 46.7 Å². The number of nitriles is 3. The molecule has 0 heterocycles. The van der Waals surface area contributed by atoms with Crippen molar-refractivity contribution in [2.45, 2.75) is 20.8 Å². The van der Waals surface area contributed by atoms with Crippen molar-refractivity contribution < 1.29 is 42.3 Å². The van der Waals surface area contributed by atoms with Crippen molar-refractivity contribution in [1.29, 1.82) is 15.8 Å². The minimum absolute atomic E-state index is 0.278. The van der Waals surface area contributed by atoms with E-state index < -0.39 is 11.8 Å². The second-order valence-electron chi connectivity index (χ2n) is 12.3. The molecule has 6 rings (SSSR count). The van der Waals surface area contributed by atoms with Gasteiger partial charge in [-0.05, 0) is 105 Å². The van der Waals surface area contributed by atoms with Crippen LogP contribution in [0.1, 0.15) is 46.5 Å². The van der Waals surface area contributed by atoms with Crippen LogP contribution in [0.25, 0.3) is 0 Å². The molecule has 0 N–H and O–H groups in total. The molecule has 0 radical (unpaired) electrons. The van der Waals surface area contributed by atoms with Gasteiger partial charge in [0.15, 0.2) is 34.5 Å². The quantitative estimate of drug-likeness (QED) is 0.108. The molecule has 0 unspecified atom stereocenters. The number of aryl methyl sites for hydroxylation is 1. The molecule has 6 aromatic carbocycles. The number of nitrogens with zero attached hydrogens (tertiary/aromatic N) is 3. The zero-order valence-electron chi connectivity index (χ0n) is 33.9. The summed E-state index contributed by atoms with van der Waals surface area (Å²) >= 11 is 17.9. The summed E-state index contributed by atoms with van der Waals surface area (Å²) in [5.74, 6) is 3.37. The molecule has 62 heavy (non-hydrogen) atoms. The number of hydrogen-bond acceptors (Lipinski definition) is 11. The first-order valence-electron chi connectivity index (χ1n) is 18.4. The summed E-state index contributed by atoms with van der Waals surface area (Å²) in [4.78, 5) is 11.7. The maximum atomic E-state index is 13.0. The van der Waals surface area contributed by atoms with Crippen LogP contribution < -0.4 is 28.4 Å². The molecule has 6 aromatic rings. The van der Waals surface area contributed by atoms with E-state index in [4.69, 9.17) is 83.7 Å². The Morgan fingerprint density at radius 1 is 0.548 bits per heavy atom. The molecule has 0 bridgehead atoms. The normalized spacial score (nSPS) is 9.84. The highest BCUT2D eigenvalue weighted by Gasteiger charge is 2.14. The highest BCUT2D eigenvalue weighted by molar-refractivity contribution is 6.32. The van der Waals surface area contributed by atoms with Crippen LogP contribution in [0.15, 0.2) is 109 Å². The number of carbonyl (C=O) groups excluding carboxylic acids is 1. The number of ether oxygens (including phenoxy) is 7. The van der Waals surface area contributed by atoms with Gasteiger partial charge in [-0.2, -0.15) is 15.8 Å². The summed E-state index contributed by atoms with van der Waals surface area (Å²) in [6, 6.07) is 34.7. The first-order valence-corrected chi connectivity index (χ1v) is 19.5. The lowest BCUT2D eigenvalue weighted by atomic mass is 10.2. The van der Waals surface area contributed by atoms with E-state index >= 15 is 0 Å². The van der Waals surface area contributed by atoms with Crippen LogP contribution >= 0.6 is 34.8 Å². The third kappa shape index (κ3) is 13.4. The van der Waals surface area contributed by atoms with Crippen LogP contribution in [0.3, 0.4) is 0 Å². The van der Waals surface area contributed by atoms with Crippen molar-refractivity contribution in [3.63, 3.8) is 0 Å². The number of methoxy groups -OCH3 is 2. The smallest absolute Gasteiger partial charge is 0.338 e. The Bertz CT molecular complexity index is 2660. The lowest BCUT2D eigenvalue weighted by molar-refractivity contribution is 0.0526. The highest BCUT2D eigenvalue weighted by Crippen LogP contribution is 2.36. The SMILES string of the molecule is CCOC(=O)c1ccc(Oc2ccc(C#N)c(Cl)c2)c(OC)c1.CCOc1cc(C)ccc1Oc1ccc(C#N)c(Cl)c1.COc1cc(F)ccc1Oc1ccc(C#N)c(Cl)c1. The maximum absolute atomic E-state index is 13.0. The molecule has 0 saturated heterocycles. The molecule has 0 aromatic heterocycles. The summed E-state index contributed by atoms with van der Waals surface area (Å²) in [6.45, 7) is 6.51. The molecular formula is C47H37Cl3FN3O8. The molecule has 0 saturated carbocycles. The van der Waals surface area contributed by atoms with Gasteiger partial charge in [0.25, 0.3) is 0 Å². The van der Waals surface area contributed by atoms with E-state index in [0.717, 1.165) is 5.56 Å². The summed E-state index contributed by atoms with van der Waals surface area (Å²) in [5, 5.41) is 27.5. The average molecular weight is 897 g/mol. The zero-order chi connectivity index (χ0) is 45.2. The van der Waals surface area contributed by atoms with Crippen LogP contribution in [-0.4, -0.2) is 33.4 Å². The molecule has 0 spiro atoms. The average Bonchev–Trinajstić information content (AvgIpc) is 3.26. The number of carbonyl (C=O) groups is 1. The Morgan fingerprint density at radius 3 is 1.40 bits per heavy atom. The van der Waals surface area contributed by atoms with Crippen molar-refractivity contribution >= 4 is 40.8 Å². The van der Waals surface area contributed by atoms with Crippen molar-refractivity contribution in [2.24, 2.45) is 0 Å². The first kappa shape index (κ1) is 47.5. The Hall–Kier alpha value is -7.14. The third-order valence-electron chi connectivity index (χ3n) is 8.07. The summed E-state index contributed by atoms with van der Waals surface area (Å²) in [7, 11) is 2.90. The van der Waals surface area contributed by atoms with Crippen molar-refractivity contribution in [2.75, 3.05) is 27.4 Å². The molecule has 0 aliphatic carbocycles. The largest absolute Gasteiger partial charge is 0.493 e. The van der Waals surface area contributed by atoms with Gasteiger partial charge in [-0.3, -0.25) is 0 Å². The lowest BCUT2D eigenvalue weighted by Gasteiger charge is -2.12. The van der Waals surface area contributed by atoms with E-state index in [1.807, 2.05) is 50.3 Å². The van der Waals surface area contributed by atoms with Gasteiger partial charge in [0, 0.05) is 24.3 Å². The van der Waals surface area contributed by atoms with E-state index in [-0.39, 0.29) is 5.75 Å². The zero-order valence-corrected chi connectivity index (χ0v) is 36.2. The number of benzene rings is 6. The highest BCUT2D eigenvalue weighted by atomic mass is 35.5. The molecule has 11 nitrogen and oxygen atoms in total. The molecular weight excluding hydrogens is 860 g/mol. The summed E-state index contributed by atoms with van der Waals surface area (Å²) < 4.78 is 50.8. The van der Waals surface area contributed by atoms with E-state index in [0.29, 0.717) is 96.5 Å². The van der Waals surface area contributed by atoms with Crippen molar-refractivity contribution in [1.82, 2.24) is 0 Å². The van der Waals surface area contributed by atoms with Crippen LogP contribution in [-0.2, 0) is 4.74 Å². The van der Waals surface area contributed by atoms with Gasteiger partial charge in [0.05, 0.1) is 64.8 Å². The monoisotopic (exact) mass is 895 g/mol. The Labute approximate surface area is 373 Å². The number of rotatable bonds is 12. The van der Waals surface area contributed by atoms with Crippen LogP contribution in [0.5, 0.6) is 51.7 Å². The predicted octanol–water partition coefficient (Wildman–Crippen LogP) is 13.1. The number of halogens is 4. The van der Waals surface area contributed by atoms with Crippen molar-refractivity contribution in [3.05, 3.63) is 158 Å². The van der Waals surface area contributed by atoms with Gasteiger partial charge < -0.3 is 33.2 Å². The van der Waals surface area contributed by atoms with E-state index in [2.05, 4.69) is 0 Å². The maximum Gasteiger partial charge on any atom is 0.338 e. The first-order chi connectivity index (χ1) is 29.9. The third-order valence-corrected chi connectivity index (χ3v) is 9.00. The molecule has 0 aliphatic rings. The van der Waals surface area contributed by atoms with Crippen molar-refractivity contribution in [3.8, 4) is 70.0 Å². The molecule has 0 amide bonds. The summed E-state index contributed by atoms with van der Waals surface area (Å²) in [5.41, 5.74) is 2.62. The lowest BCUT2D eigenvalue weighted by Crippen LogP contribution is -2.05. The van der Waals surface area contributed by atoms with E-state index in [1.54, 1.807) is 73.7 Å². The van der Waals surface area contributed by atoms with Crippen LogP contribution in [0.2, 0.25) is 15.1 Å². The fourth-order valence-electron chi connectivity index (χ4n) is 5.12. The molecule has 15 heteroatoms. The van der Waals surface area contributed by atoms with Gasteiger partial charge in [0.1, 0.15) is 41.3 Å². The molecule has 0 aliphatic heterocycles. The standard InChI is InChI=1S/C17H14ClNO4.C16H14ClNO2.C14H9ClFNO2/c1-3-22-17(20)11-5-7-15(16(8-11)21-2)23-13-6-4-12(10-19)14(18)9-13;1-3-19-16-8-11(2)4-7-15(16)20-13-6-5-12(10-18)14(17)9-13;1-18-14-6-10(16)3-5-13(14)19-11-4-2-9(8-17)12(15)7-11/h4-9H,3H2,1-2H3;4-9H,3H2,1-2H3;2-7H,1H3. The van der Waals surface area contributed by atoms with Gasteiger partial charge >= 0.3 is 5.97 Å². The van der Waals surface area contributed by atoms with E-state index in [1.165, 1.54) is 38.5 Å². The fraction of sp³-hybridized carbons (Fsp3) is 0.149. The number of esters is 1. The second kappa shape index (κ2) is 23.6. The minimum atomic E-state index is -0.432. The predicted molar refractivity (Wildman–Crippen MR) is 233 cm³/mol. The molecule has 316 valence electrons. The Morgan fingerprint density at radius 2 is 0.984 bits per heavy atom. The second-order valence-corrected chi connectivity index (χ2v) is 13.6. The van der Waals surface area contributed by atoms with Gasteiger partial charge in [-0.1, -0.05) is 40.9 Å². The Kier molecular flexibility index (Phi) is 18.1. The minimum Gasteiger partial charge on any atom is -0.493 e. The van der Waals surface area contributed by atoms with E-state index in [9.17, 15) is 9.18 Å². The van der Waals surface area contributed by atoms with Crippen LogP contribution in [0.4, 0.5) is 4.39 Å². The van der Waals surface area contributed by atoms with Gasteiger partial charge in [-0.25, -0.2) is 9.18 Å². The fourth-order valence-corrected chi connectivity index (χ4v) is 5.76. The molecule has 0 atom stereocenters. The van der Waals surface area contributed by atoms with Gasteiger partial charge in [0.2, 0.25) is 0 Å². The van der Waals surface area contributed by atoms with Gasteiger partial charge in [-0.15, -0.1) is 0 Å². The number of hydrogen-bond donors (Lipinski definition) is 0. The molecule has 0 fully saturated rings. The Balaban J connectivity index is 0.000000205. The summed E-state index contributed by atoms with van der Waals surface area (Å²) in [6.07, 6.45) is 0.